The van der Waals surface area contributed by atoms with Crippen LogP contribution < -0.4 is 5.73 Å². The zero-order valence-corrected chi connectivity index (χ0v) is 10.7. The van der Waals surface area contributed by atoms with Crippen LogP contribution in [0.3, 0.4) is 0 Å². The minimum Gasteiger partial charge on any atom is -0.325 e. The zero-order chi connectivity index (χ0) is 12.0. The van der Waals surface area contributed by atoms with Gasteiger partial charge in [0.1, 0.15) is 0 Å². The Labute approximate surface area is 98.2 Å². The van der Waals surface area contributed by atoms with Crippen LogP contribution in [0, 0.1) is 0 Å². The van der Waals surface area contributed by atoms with E-state index in [-0.39, 0.29) is 0 Å². The number of hydrogen-bond acceptors (Lipinski definition) is 3. The van der Waals surface area contributed by atoms with E-state index in [9.17, 15) is 0 Å². The van der Waals surface area contributed by atoms with Gasteiger partial charge >= 0.3 is 0 Å². The van der Waals surface area contributed by atoms with E-state index in [1.54, 1.807) is 0 Å². The van der Waals surface area contributed by atoms with Crippen LogP contribution in [-0.2, 0) is 13.1 Å². The van der Waals surface area contributed by atoms with Gasteiger partial charge in [-0.1, -0.05) is 45.2 Å². The van der Waals surface area contributed by atoms with Crippen molar-refractivity contribution in [2.24, 2.45) is 5.73 Å². The SMILES string of the molecule is CCCCCCn1nnc(CN)c1C(C)C. The zero-order valence-electron chi connectivity index (χ0n) is 10.7. The average Bonchev–Trinajstić information content (AvgIpc) is 2.67. The largest absolute Gasteiger partial charge is 0.325 e. The number of hydrogen-bond donors (Lipinski definition) is 1. The molecule has 0 aliphatic heterocycles. The van der Waals surface area contributed by atoms with Crippen LogP contribution in [-0.4, -0.2) is 15.0 Å². The van der Waals surface area contributed by atoms with Crippen molar-refractivity contribution in [3.63, 3.8) is 0 Å². The summed E-state index contributed by atoms with van der Waals surface area (Å²) >= 11 is 0. The smallest absolute Gasteiger partial charge is 0.0997 e. The third-order valence-electron chi connectivity index (χ3n) is 2.81. The maximum Gasteiger partial charge on any atom is 0.0997 e. The van der Waals surface area contributed by atoms with Gasteiger partial charge < -0.3 is 5.73 Å². The van der Waals surface area contributed by atoms with Gasteiger partial charge in [0.2, 0.25) is 0 Å². The fraction of sp³-hybridized carbons (Fsp3) is 0.833. The van der Waals surface area contributed by atoms with Crippen LogP contribution in [0.5, 0.6) is 0 Å². The molecule has 1 rings (SSSR count). The second-order valence-electron chi connectivity index (χ2n) is 4.56. The summed E-state index contributed by atoms with van der Waals surface area (Å²) in [5, 5.41) is 8.34. The Bertz CT molecular complexity index is 304. The molecule has 0 saturated heterocycles. The lowest BCUT2D eigenvalue weighted by Gasteiger charge is -2.10. The molecular formula is C12H24N4. The molecule has 0 unspecified atom stereocenters. The Kier molecular flexibility index (Phi) is 5.46. The van der Waals surface area contributed by atoms with Crippen LogP contribution >= 0.6 is 0 Å². The first-order valence-corrected chi connectivity index (χ1v) is 6.33. The van der Waals surface area contributed by atoms with E-state index in [1.165, 1.54) is 31.4 Å². The molecule has 92 valence electrons. The molecule has 0 amide bonds. The molecule has 0 aromatic carbocycles. The molecule has 4 heteroatoms. The van der Waals surface area contributed by atoms with Gasteiger partial charge in [0, 0.05) is 13.1 Å². The highest BCUT2D eigenvalue weighted by Gasteiger charge is 2.14. The molecule has 1 aromatic rings. The molecule has 4 nitrogen and oxygen atoms in total. The summed E-state index contributed by atoms with van der Waals surface area (Å²) in [6.07, 6.45) is 5.02. The number of nitrogens with two attached hydrogens (primary N) is 1. The molecule has 0 fully saturated rings. The number of aromatic nitrogens is 3. The molecular weight excluding hydrogens is 200 g/mol. The first kappa shape index (κ1) is 13.2. The second-order valence-corrected chi connectivity index (χ2v) is 4.56. The number of rotatable bonds is 7. The summed E-state index contributed by atoms with van der Waals surface area (Å²) in [5.74, 6) is 0.444. The molecule has 0 spiro atoms. The van der Waals surface area contributed by atoms with Gasteiger partial charge in [0.25, 0.3) is 0 Å². The number of aryl methyl sites for hydroxylation is 1. The molecule has 0 bridgehead atoms. The fourth-order valence-electron chi connectivity index (χ4n) is 1.99. The van der Waals surface area contributed by atoms with Crippen molar-refractivity contribution < 1.29 is 0 Å². The van der Waals surface area contributed by atoms with E-state index in [1.807, 2.05) is 4.68 Å². The molecule has 2 N–H and O–H groups in total. The molecule has 0 aliphatic rings. The van der Waals surface area contributed by atoms with Crippen molar-refractivity contribution >= 4 is 0 Å². The molecule has 16 heavy (non-hydrogen) atoms. The van der Waals surface area contributed by atoms with E-state index < -0.39 is 0 Å². The standard InChI is InChI=1S/C12H24N4/c1-4-5-6-7-8-16-12(10(2)3)11(9-13)14-15-16/h10H,4-9,13H2,1-3H3. The van der Waals surface area contributed by atoms with Crippen LogP contribution in [0.4, 0.5) is 0 Å². The Hall–Kier alpha value is -0.900. The highest BCUT2D eigenvalue weighted by molar-refractivity contribution is 5.13. The highest BCUT2D eigenvalue weighted by Crippen LogP contribution is 2.17. The van der Waals surface area contributed by atoms with Crippen molar-refractivity contribution in [2.75, 3.05) is 0 Å². The maximum absolute atomic E-state index is 5.66. The van der Waals surface area contributed by atoms with Crippen LogP contribution in [0.1, 0.15) is 63.8 Å². The minimum atomic E-state index is 0.444. The van der Waals surface area contributed by atoms with Crippen molar-refractivity contribution in [1.82, 2.24) is 15.0 Å². The lowest BCUT2D eigenvalue weighted by Crippen LogP contribution is -2.09. The monoisotopic (exact) mass is 224 g/mol. The Balaban J connectivity index is 2.61. The third kappa shape index (κ3) is 3.30. The Morgan fingerprint density at radius 2 is 2.00 bits per heavy atom. The van der Waals surface area contributed by atoms with E-state index in [2.05, 4.69) is 31.1 Å². The van der Waals surface area contributed by atoms with Gasteiger partial charge in [-0.15, -0.1) is 5.10 Å². The van der Waals surface area contributed by atoms with Crippen LogP contribution in [0.15, 0.2) is 0 Å². The quantitative estimate of drug-likeness (QED) is 0.724. The average molecular weight is 224 g/mol. The summed E-state index contributed by atoms with van der Waals surface area (Å²) in [4.78, 5) is 0. The topological polar surface area (TPSA) is 56.7 Å². The molecule has 1 heterocycles. The van der Waals surface area contributed by atoms with Crippen molar-refractivity contribution in [3.05, 3.63) is 11.4 Å². The van der Waals surface area contributed by atoms with Gasteiger partial charge in [-0.25, -0.2) is 4.68 Å². The predicted molar refractivity (Wildman–Crippen MR) is 66.1 cm³/mol. The predicted octanol–water partition coefficient (Wildman–Crippen LogP) is 2.44. The fourth-order valence-corrected chi connectivity index (χ4v) is 1.99. The Morgan fingerprint density at radius 1 is 1.25 bits per heavy atom. The normalized spacial score (nSPS) is 11.3. The summed E-state index contributed by atoms with van der Waals surface area (Å²) < 4.78 is 2.03. The van der Waals surface area contributed by atoms with E-state index >= 15 is 0 Å². The summed E-state index contributed by atoms with van der Waals surface area (Å²) in [5.41, 5.74) is 7.82. The van der Waals surface area contributed by atoms with Gasteiger partial charge in [-0.05, 0) is 12.3 Å². The van der Waals surface area contributed by atoms with Crippen molar-refractivity contribution in [3.8, 4) is 0 Å². The molecule has 0 radical (unpaired) electrons. The highest BCUT2D eigenvalue weighted by atomic mass is 15.4. The van der Waals surface area contributed by atoms with Gasteiger partial charge in [-0.3, -0.25) is 0 Å². The first-order valence-electron chi connectivity index (χ1n) is 6.33. The van der Waals surface area contributed by atoms with E-state index in [4.69, 9.17) is 5.73 Å². The Morgan fingerprint density at radius 3 is 2.56 bits per heavy atom. The maximum atomic E-state index is 5.66. The minimum absolute atomic E-state index is 0.444. The lowest BCUT2D eigenvalue weighted by molar-refractivity contribution is 0.503. The molecule has 0 atom stereocenters. The van der Waals surface area contributed by atoms with Crippen LogP contribution in [0.25, 0.3) is 0 Å². The molecule has 1 aromatic heterocycles. The van der Waals surface area contributed by atoms with Gasteiger partial charge in [-0.2, -0.15) is 0 Å². The summed E-state index contributed by atoms with van der Waals surface area (Å²) in [6, 6.07) is 0. The van der Waals surface area contributed by atoms with Gasteiger partial charge in [0.05, 0.1) is 11.4 Å². The second kappa shape index (κ2) is 6.63. The lowest BCUT2D eigenvalue weighted by atomic mass is 10.1. The number of unbranched alkanes of at least 4 members (excludes halogenated alkanes) is 3. The van der Waals surface area contributed by atoms with Crippen molar-refractivity contribution in [1.29, 1.82) is 0 Å². The summed E-state index contributed by atoms with van der Waals surface area (Å²) in [6.45, 7) is 8.02. The van der Waals surface area contributed by atoms with E-state index in [0.29, 0.717) is 12.5 Å². The van der Waals surface area contributed by atoms with E-state index in [0.717, 1.165) is 12.2 Å². The van der Waals surface area contributed by atoms with Gasteiger partial charge in [0.15, 0.2) is 0 Å². The molecule has 0 aliphatic carbocycles. The molecule has 0 saturated carbocycles. The van der Waals surface area contributed by atoms with Crippen LogP contribution in [0.2, 0.25) is 0 Å². The summed E-state index contributed by atoms with van der Waals surface area (Å²) in [7, 11) is 0. The number of nitrogens with zero attached hydrogens (tertiary/aromatic N) is 3. The first-order chi connectivity index (χ1) is 7.70. The van der Waals surface area contributed by atoms with Crippen molar-refractivity contribution in [2.45, 2.75) is 65.5 Å². The third-order valence-corrected chi connectivity index (χ3v) is 2.81.